The van der Waals surface area contributed by atoms with Crippen LogP contribution in [0.5, 0.6) is 0 Å². The molecule has 1 rings (SSSR count). The molecule has 70 valence electrons. The maximum atomic E-state index is 11.2. The Kier molecular flexibility index (Phi) is 3.88. The summed E-state index contributed by atoms with van der Waals surface area (Å²) in [5.74, 6) is -0.401. The minimum atomic E-state index is -0.401. The van der Waals surface area contributed by atoms with Gasteiger partial charge in [0.25, 0.3) is 0 Å². The molecule has 13 heavy (non-hydrogen) atoms. The molecule has 4 heteroatoms. The van der Waals surface area contributed by atoms with E-state index in [0.717, 1.165) is 12.8 Å². The molecule has 0 amide bonds. The molecule has 0 fully saturated rings. The van der Waals surface area contributed by atoms with Crippen LogP contribution in [-0.2, 0) is 4.74 Å². The van der Waals surface area contributed by atoms with Gasteiger partial charge in [0.1, 0.15) is 0 Å². The molecule has 1 aromatic heterocycles. The van der Waals surface area contributed by atoms with Crippen molar-refractivity contribution in [2.45, 2.75) is 19.8 Å². The van der Waals surface area contributed by atoms with Crippen LogP contribution in [0.3, 0.4) is 0 Å². The van der Waals surface area contributed by atoms with Crippen LogP contribution in [0.1, 0.15) is 30.3 Å². The third-order valence-electron chi connectivity index (χ3n) is 1.51. The van der Waals surface area contributed by atoms with E-state index in [1.54, 1.807) is 12.1 Å². The predicted octanol–water partition coefficient (Wildman–Crippen LogP) is 1.43. The van der Waals surface area contributed by atoms with Crippen LogP contribution in [0.2, 0.25) is 0 Å². The number of esters is 1. The molecule has 0 aromatic carbocycles. The summed E-state index contributed by atoms with van der Waals surface area (Å²) in [6, 6.07) is 3.24. The number of carbonyl (C=O) groups is 1. The third kappa shape index (κ3) is 3.19. The van der Waals surface area contributed by atoms with Gasteiger partial charge in [-0.1, -0.05) is 13.3 Å². The molecule has 0 N–H and O–H groups in total. The molecule has 4 nitrogen and oxygen atoms in total. The number of carbonyl (C=O) groups excluding carboxylic acids is 1. The van der Waals surface area contributed by atoms with Crippen molar-refractivity contribution in [3.05, 3.63) is 24.0 Å². The molecule has 0 bridgehead atoms. The zero-order chi connectivity index (χ0) is 9.52. The monoisotopic (exact) mass is 180 g/mol. The summed E-state index contributed by atoms with van der Waals surface area (Å²) in [5, 5.41) is 7.22. The number of hydrogen-bond donors (Lipinski definition) is 0. The van der Waals surface area contributed by atoms with Gasteiger partial charge in [0.05, 0.1) is 6.61 Å². The van der Waals surface area contributed by atoms with Crippen LogP contribution in [0.15, 0.2) is 18.3 Å². The maximum Gasteiger partial charge on any atom is 0.358 e. The minimum absolute atomic E-state index is 0.263. The molecule has 0 saturated carbocycles. The van der Waals surface area contributed by atoms with E-state index in [0.29, 0.717) is 6.61 Å². The van der Waals surface area contributed by atoms with Gasteiger partial charge in [-0.3, -0.25) is 0 Å². The molecule has 0 unspecified atom stereocenters. The fraction of sp³-hybridized carbons (Fsp3) is 0.444. The lowest BCUT2D eigenvalue weighted by Gasteiger charge is -2.01. The first-order valence-electron chi connectivity index (χ1n) is 4.29. The first kappa shape index (κ1) is 9.64. The summed E-state index contributed by atoms with van der Waals surface area (Å²) in [5.41, 5.74) is 0.263. The van der Waals surface area contributed by atoms with E-state index >= 15 is 0 Å². The molecule has 0 aliphatic rings. The first-order valence-corrected chi connectivity index (χ1v) is 4.29. The summed E-state index contributed by atoms with van der Waals surface area (Å²) < 4.78 is 4.93. The number of rotatable bonds is 4. The van der Waals surface area contributed by atoms with Crippen LogP contribution >= 0.6 is 0 Å². The Morgan fingerprint density at radius 3 is 3.08 bits per heavy atom. The average Bonchev–Trinajstić information content (AvgIpc) is 2.19. The highest BCUT2D eigenvalue weighted by Gasteiger charge is 2.06. The molecular weight excluding hydrogens is 168 g/mol. The van der Waals surface area contributed by atoms with E-state index in [1.165, 1.54) is 6.20 Å². The zero-order valence-electron chi connectivity index (χ0n) is 7.56. The Balaban J connectivity index is 2.40. The van der Waals surface area contributed by atoms with Crippen LogP contribution < -0.4 is 0 Å². The molecule has 0 aliphatic heterocycles. The summed E-state index contributed by atoms with van der Waals surface area (Å²) in [6.07, 6.45) is 3.41. The van der Waals surface area contributed by atoms with Crippen molar-refractivity contribution >= 4 is 5.97 Å². The Morgan fingerprint density at radius 1 is 1.62 bits per heavy atom. The second-order valence-electron chi connectivity index (χ2n) is 2.60. The van der Waals surface area contributed by atoms with E-state index in [2.05, 4.69) is 10.2 Å². The fourth-order valence-electron chi connectivity index (χ4n) is 0.794. The summed E-state index contributed by atoms with van der Waals surface area (Å²) in [6.45, 7) is 2.49. The van der Waals surface area contributed by atoms with Gasteiger partial charge in [0.2, 0.25) is 0 Å². The van der Waals surface area contributed by atoms with Crippen molar-refractivity contribution in [3.63, 3.8) is 0 Å². The Labute approximate surface area is 76.9 Å². The molecule has 0 atom stereocenters. The van der Waals surface area contributed by atoms with E-state index in [9.17, 15) is 4.79 Å². The van der Waals surface area contributed by atoms with E-state index in [-0.39, 0.29) is 5.69 Å². The van der Waals surface area contributed by atoms with Gasteiger partial charge in [0.15, 0.2) is 5.69 Å². The fourth-order valence-corrected chi connectivity index (χ4v) is 0.794. The van der Waals surface area contributed by atoms with Gasteiger partial charge < -0.3 is 4.74 Å². The highest BCUT2D eigenvalue weighted by atomic mass is 16.5. The molecule has 0 aliphatic carbocycles. The van der Waals surface area contributed by atoms with E-state index in [1.807, 2.05) is 6.92 Å². The Hall–Kier alpha value is -1.45. The maximum absolute atomic E-state index is 11.2. The smallest absolute Gasteiger partial charge is 0.358 e. The van der Waals surface area contributed by atoms with Gasteiger partial charge in [-0.25, -0.2) is 4.79 Å². The standard InChI is InChI=1S/C9H12N2O2/c1-2-3-7-13-9(12)8-5-4-6-10-11-8/h4-6H,2-3,7H2,1H3. The lowest BCUT2D eigenvalue weighted by molar-refractivity contribution is 0.0491. The highest BCUT2D eigenvalue weighted by Crippen LogP contribution is 1.96. The lowest BCUT2D eigenvalue weighted by atomic mass is 10.3. The largest absolute Gasteiger partial charge is 0.461 e. The number of ether oxygens (including phenoxy) is 1. The first-order chi connectivity index (χ1) is 6.34. The van der Waals surface area contributed by atoms with Gasteiger partial charge >= 0.3 is 5.97 Å². The number of hydrogen-bond acceptors (Lipinski definition) is 4. The van der Waals surface area contributed by atoms with Crippen LogP contribution in [-0.4, -0.2) is 22.8 Å². The van der Waals surface area contributed by atoms with Crippen molar-refractivity contribution in [1.82, 2.24) is 10.2 Å². The Morgan fingerprint density at radius 2 is 2.46 bits per heavy atom. The van der Waals surface area contributed by atoms with Crippen LogP contribution in [0.25, 0.3) is 0 Å². The number of nitrogens with zero attached hydrogens (tertiary/aromatic N) is 2. The molecule has 0 radical (unpaired) electrons. The van der Waals surface area contributed by atoms with Crippen molar-refractivity contribution in [1.29, 1.82) is 0 Å². The van der Waals surface area contributed by atoms with Crippen LogP contribution in [0, 0.1) is 0 Å². The molecule has 1 heterocycles. The van der Waals surface area contributed by atoms with Gasteiger partial charge in [-0.2, -0.15) is 5.10 Å². The molecular formula is C9H12N2O2. The summed E-state index contributed by atoms with van der Waals surface area (Å²) >= 11 is 0. The van der Waals surface area contributed by atoms with E-state index in [4.69, 9.17) is 4.74 Å². The molecule has 1 aromatic rings. The number of aromatic nitrogens is 2. The molecule has 0 spiro atoms. The Bertz CT molecular complexity index is 262. The van der Waals surface area contributed by atoms with E-state index < -0.39 is 5.97 Å². The molecule has 0 saturated heterocycles. The summed E-state index contributed by atoms with van der Waals surface area (Å²) in [7, 11) is 0. The minimum Gasteiger partial charge on any atom is -0.461 e. The van der Waals surface area contributed by atoms with Gasteiger partial charge in [0, 0.05) is 6.20 Å². The predicted molar refractivity (Wildman–Crippen MR) is 47.2 cm³/mol. The topological polar surface area (TPSA) is 52.1 Å². The average molecular weight is 180 g/mol. The normalized spacial score (nSPS) is 9.62. The highest BCUT2D eigenvalue weighted by molar-refractivity contribution is 5.86. The SMILES string of the molecule is CCCCOC(=O)c1cccnn1. The quantitative estimate of drug-likeness (QED) is 0.519. The number of unbranched alkanes of at least 4 members (excludes halogenated alkanes) is 1. The second-order valence-corrected chi connectivity index (χ2v) is 2.60. The van der Waals surface area contributed by atoms with Gasteiger partial charge in [-0.15, -0.1) is 5.10 Å². The van der Waals surface area contributed by atoms with Crippen molar-refractivity contribution in [2.24, 2.45) is 0 Å². The van der Waals surface area contributed by atoms with Crippen LogP contribution in [0.4, 0.5) is 0 Å². The van der Waals surface area contributed by atoms with Crippen molar-refractivity contribution in [3.8, 4) is 0 Å². The van der Waals surface area contributed by atoms with Gasteiger partial charge in [-0.05, 0) is 18.6 Å². The lowest BCUT2D eigenvalue weighted by Crippen LogP contribution is -2.08. The van der Waals surface area contributed by atoms with Crippen molar-refractivity contribution < 1.29 is 9.53 Å². The second kappa shape index (κ2) is 5.24. The third-order valence-corrected chi connectivity index (χ3v) is 1.51. The zero-order valence-corrected chi connectivity index (χ0v) is 7.56. The van der Waals surface area contributed by atoms with Crippen molar-refractivity contribution in [2.75, 3.05) is 6.61 Å². The summed E-state index contributed by atoms with van der Waals surface area (Å²) in [4.78, 5) is 11.2.